The highest BCUT2D eigenvalue weighted by molar-refractivity contribution is 5.85. The number of aromatic nitrogens is 1. The summed E-state index contributed by atoms with van der Waals surface area (Å²) >= 11 is 0. The van der Waals surface area contributed by atoms with Gasteiger partial charge < -0.3 is 4.90 Å². The number of aliphatic imine (C=N–C) groups is 1. The van der Waals surface area contributed by atoms with Gasteiger partial charge in [-0.1, -0.05) is 36.4 Å². The van der Waals surface area contributed by atoms with E-state index in [-0.39, 0.29) is 0 Å². The van der Waals surface area contributed by atoms with E-state index in [1.165, 1.54) is 17.0 Å². The van der Waals surface area contributed by atoms with Crippen molar-refractivity contribution < 1.29 is 0 Å². The fraction of sp³-hybridized carbons (Fsp3) is 0.250. The first kappa shape index (κ1) is 11.9. The molecule has 1 aliphatic rings. The highest BCUT2D eigenvalue weighted by Crippen LogP contribution is 2.12. The quantitative estimate of drug-likeness (QED) is 0.835. The summed E-state index contributed by atoms with van der Waals surface area (Å²) < 4.78 is 0. The van der Waals surface area contributed by atoms with Gasteiger partial charge in [-0.05, 0) is 17.2 Å². The van der Waals surface area contributed by atoms with Crippen molar-refractivity contribution in [2.45, 2.75) is 13.0 Å². The van der Waals surface area contributed by atoms with Gasteiger partial charge in [0.2, 0.25) is 0 Å². The minimum absolute atomic E-state index is 0.876. The minimum Gasteiger partial charge on any atom is -0.354 e. The molecule has 3 nitrogen and oxygen atoms in total. The van der Waals surface area contributed by atoms with Crippen LogP contribution in [0.25, 0.3) is 0 Å². The molecule has 0 unspecified atom stereocenters. The summed E-state index contributed by atoms with van der Waals surface area (Å²) in [5.41, 5.74) is 2.56. The Morgan fingerprint density at radius 3 is 2.63 bits per heavy atom. The third kappa shape index (κ3) is 2.99. The molecule has 0 saturated carbocycles. The smallest absolute Gasteiger partial charge is 0.104 e. The van der Waals surface area contributed by atoms with E-state index >= 15 is 0 Å². The van der Waals surface area contributed by atoms with Gasteiger partial charge in [0.15, 0.2) is 0 Å². The lowest BCUT2D eigenvalue weighted by atomic mass is 10.1. The number of pyridine rings is 1. The molecule has 1 aromatic carbocycles. The molecule has 0 fully saturated rings. The number of amidine groups is 1. The van der Waals surface area contributed by atoms with Crippen LogP contribution in [0.3, 0.4) is 0 Å². The molecule has 0 radical (unpaired) electrons. The van der Waals surface area contributed by atoms with Crippen LogP contribution in [0.2, 0.25) is 0 Å². The second-order valence-corrected chi connectivity index (χ2v) is 4.74. The van der Waals surface area contributed by atoms with Crippen molar-refractivity contribution in [1.82, 2.24) is 9.88 Å². The van der Waals surface area contributed by atoms with E-state index < -0.39 is 0 Å². The maximum atomic E-state index is 4.62. The molecule has 3 heteroatoms. The molecule has 96 valence electrons. The van der Waals surface area contributed by atoms with Gasteiger partial charge in [0.25, 0.3) is 0 Å². The molecule has 0 aliphatic carbocycles. The zero-order valence-corrected chi connectivity index (χ0v) is 10.9. The molecule has 2 heterocycles. The first-order valence-corrected chi connectivity index (χ1v) is 6.63. The number of hydrogen-bond donors (Lipinski definition) is 0. The van der Waals surface area contributed by atoms with Crippen LogP contribution in [0.1, 0.15) is 11.1 Å². The van der Waals surface area contributed by atoms with Crippen molar-refractivity contribution in [3.05, 3.63) is 66.0 Å². The highest BCUT2D eigenvalue weighted by atomic mass is 15.2. The Labute approximate surface area is 113 Å². The highest BCUT2D eigenvalue weighted by Gasteiger charge is 2.17. The van der Waals surface area contributed by atoms with Crippen LogP contribution in [-0.4, -0.2) is 28.8 Å². The topological polar surface area (TPSA) is 28.5 Å². The van der Waals surface area contributed by atoms with Gasteiger partial charge in [0, 0.05) is 31.9 Å². The van der Waals surface area contributed by atoms with E-state index in [0.717, 1.165) is 26.1 Å². The molecule has 3 rings (SSSR count). The molecule has 0 bridgehead atoms. The zero-order valence-electron chi connectivity index (χ0n) is 10.9. The van der Waals surface area contributed by atoms with E-state index in [2.05, 4.69) is 51.3 Å². The molecular formula is C16H17N3. The van der Waals surface area contributed by atoms with Gasteiger partial charge in [-0.3, -0.25) is 9.98 Å². The van der Waals surface area contributed by atoms with Crippen molar-refractivity contribution in [2.75, 3.05) is 13.1 Å². The monoisotopic (exact) mass is 251 g/mol. The van der Waals surface area contributed by atoms with Crippen LogP contribution >= 0.6 is 0 Å². The third-order valence-electron chi connectivity index (χ3n) is 3.33. The fourth-order valence-electron chi connectivity index (χ4n) is 2.36. The number of hydrogen-bond acceptors (Lipinski definition) is 3. The van der Waals surface area contributed by atoms with E-state index in [0.29, 0.717) is 0 Å². The normalized spacial score (nSPS) is 14.5. The molecule has 2 aromatic rings. The Hall–Kier alpha value is -2.16. The summed E-state index contributed by atoms with van der Waals surface area (Å²) in [6, 6.07) is 14.6. The molecule has 0 saturated heterocycles. The predicted molar refractivity (Wildman–Crippen MR) is 77.1 cm³/mol. The average Bonchev–Trinajstić information content (AvgIpc) is 2.88. The van der Waals surface area contributed by atoms with Gasteiger partial charge >= 0.3 is 0 Å². The van der Waals surface area contributed by atoms with Crippen LogP contribution in [0.15, 0.2) is 59.9 Å². The number of benzene rings is 1. The van der Waals surface area contributed by atoms with E-state index in [1.807, 2.05) is 18.5 Å². The average molecular weight is 251 g/mol. The van der Waals surface area contributed by atoms with Crippen molar-refractivity contribution in [1.29, 1.82) is 0 Å². The zero-order chi connectivity index (χ0) is 12.9. The maximum absolute atomic E-state index is 4.62. The lowest BCUT2D eigenvalue weighted by molar-refractivity contribution is 0.446. The van der Waals surface area contributed by atoms with Crippen molar-refractivity contribution in [3.8, 4) is 0 Å². The second kappa shape index (κ2) is 5.65. The fourth-order valence-corrected chi connectivity index (χ4v) is 2.36. The molecule has 0 spiro atoms. The summed E-state index contributed by atoms with van der Waals surface area (Å²) in [7, 11) is 0. The van der Waals surface area contributed by atoms with Crippen LogP contribution in [0, 0.1) is 0 Å². The molecule has 0 N–H and O–H groups in total. The molecule has 0 atom stereocenters. The first-order valence-electron chi connectivity index (χ1n) is 6.63. The van der Waals surface area contributed by atoms with E-state index in [4.69, 9.17) is 0 Å². The lowest BCUT2D eigenvalue weighted by Gasteiger charge is -2.20. The minimum atomic E-state index is 0.876. The Morgan fingerprint density at radius 2 is 1.84 bits per heavy atom. The Morgan fingerprint density at radius 1 is 1.00 bits per heavy atom. The van der Waals surface area contributed by atoms with Crippen molar-refractivity contribution >= 4 is 5.84 Å². The first-order chi connectivity index (χ1) is 9.42. The van der Waals surface area contributed by atoms with E-state index in [9.17, 15) is 0 Å². The van der Waals surface area contributed by atoms with Gasteiger partial charge in [-0.2, -0.15) is 0 Å². The SMILES string of the molecule is c1ccc(CN2CCN=C2Cc2cccnc2)cc1. The largest absolute Gasteiger partial charge is 0.354 e. The Balaban J connectivity index is 1.68. The van der Waals surface area contributed by atoms with Gasteiger partial charge in [-0.15, -0.1) is 0 Å². The van der Waals surface area contributed by atoms with Crippen LogP contribution in [-0.2, 0) is 13.0 Å². The molecule has 1 aliphatic heterocycles. The summed E-state index contributed by atoms with van der Waals surface area (Å²) in [4.78, 5) is 11.1. The standard InChI is InChI=1S/C16H17N3/c1-2-5-14(6-3-1)13-19-10-9-18-16(19)11-15-7-4-8-17-12-15/h1-8,12H,9-11,13H2. The number of nitrogens with zero attached hydrogens (tertiary/aromatic N) is 3. The van der Waals surface area contributed by atoms with E-state index in [1.54, 1.807) is 0 Å². The lowest BCUT2D eigenvalue weighted by Crippen LogP contribution is -2.28. The summed E-state index contributed by atoms with van der Waals surface area (Å²) in [5, 5.41) is 0. The van der Waals surface area contributed by atoms with Gasteiger partial charge in [0.1, 0.15) is 5.84 Å². The van der Waals surface area contributed by atoms with Crippen molar-refractivity contribution in [3.63, 3.8) is 0 Å². The Bertz CT molecular complexity index is 549. The summed E-state index contributed by atoms with van der Waals surface area (Å²) in [5.74, 6) is 1.18. The Kier molecular flexibility index (Phi) is 3.54. The number of rotatable bonds is 4. The third-order valence-corrected chi connectivity index (χ3v) is 3.33. The van der Waals surface area contributed by atoms with Gasteiger partial charge in [-0.25, -0.2) is 0 Å². The van der Waals surface area contributed by atoms with Gasteiger partial charge in [0.05, 0.1) is 6.54 Å². The molecule has 0 amide bonds. The predicted octanol–water partition coefficient (Wildman–Crippen LogP) is 2.54. The van der Waals surface area contributed by atoms with Crippen LogP contribution < -0.4 is 0 Å². The summed E-state index contributed by atoms with van der Waals surface area (Å²) in [6.07, 6.45) is 4.60. The van der Waals surface area contributed by atoms with Crippen LogP contribution in [0.5, 0.6) is 0 Å². The maximum Gasteiger partial charge on any atom is 0.104 e. The summed E-state index contributed by atoms with van der Waals surface area (Å²) in [6.45, 7) is 2.87. The molecule has 19 heavy (non-hydrogen) atoms. The van der Waals surface area contributed by atoms with Crippen molar-refractivity contribution in [2.24, 2.45) is 4.99 Å². The molecule has 1 aromatic heterocycles. The van der Waals surface area contributed by atoms with Crippen LogP contribution in [0.4, 0.5) is 0 Å². The molecular weight excluding hydrogens is 234 g/mol. The second-order valence-electron chi connectivity index (χ2n) is 4.74.